The molecule has 0 aromatic heterocycles. The standard InChI is InChI=1S/C11H16NP.C2H6/c1-12-7-8-13-9-11(12)10-5-3-2-4-6-10;1-2/h2-6,11,13H,7-9H2,1H3;1-2H3. The predicted molar refractivity (Wildman–Crippen MR) is 71.2 cm³/mol. The molecule has 1 nitrogen and oxygen atoms in total. The van der Waals surface area contributed by atoms with Crippen LogP contribution in [0, 0.1) is 0 Å². The first-order chi connectivity index (χ1) is 7.38. The van der Waals surface area contributed by atoms with Crippen molar-refractivity contribution in [1.82, 2.24) is 4.90 Å². The summed E-state index contributed by atoms with van der Waals surface area (Å²) < 4.78 is 0. The van der Waals surface area contributed by atoms with Crippen LogP contribution in [0.5, 0.6) is 0 Å². The number of nitrogens with zero attached hydrogens (tertiary/aromatic N) is 1. The lowest BCUT2D eigenvalue weighted by atomic mass is 10.1. The lowest BCUT2D eigenvalue weighted by Gasteiger charge is -2.32. The first-order valence-electron chi connectivity index (χ1n) is 5.84. The molecular weight excluding hydrogens is 201 g/mol. The Morgan fingerprint density at radius 1 is 1.20 bits per heavy atom. The molecule has 0 N–H and O–H groups in total. The van der Waals surface area contributed by atoms with Gasteiger partial charge >= 0.3 is 0 Å². The number of hydrogen-bond donors (Lipinski definition) is 0. The summed E-state index contributed by atoms with van der Waals surface area (Å²) in [5.41, 5.74) is 1.48. The van der Waals surface area contributed by atoms with Crippen molar-refractivity contribution in [3.8, 4) is 0 Å². The number of benzene rings is 1. The van der Waals surface area contributed by atoms with Crippen molar-refractivity contribution >= 4 is 8.58 Å². The molecule has 0 radical (unpaired) electrons. The molecule has 1 aromatic rings. The maximum Gasteiger partial charge on any atom is 0.0381 e. The first kappa shape index (κ1) is 12.7. The van der Waals surface area contributed by atoms with Crippen LogP contribution < -0.4 is 0 Å². The molecule has 1 heterocycles. The summed E-state index contributed by atoms with van der Waals surface area (Å²) in [6.07, 6.45) is 2.74. The molecule has 2 unspecified atom stereocenters. The van der Waals surface area contributed by atoms with Gasteiger partial charge in [-0.2, -0.15) is 0 Å². The van der Waals surface area contributed by atoms with E-state index in [0.717, 1.165) is 8.58 Å². The average molecular weight is 223 g/mol. The molecule has 15 heavy (non-hydrogen) atoms. The zero-order chi connectivity index (χ0) is 11.1. The minimum Gasteiger partial charge on any atom is -0.299 e. The Bertz CT molecular complexity index is 260. The van der Waals surface area contributed by atoms with E-state index in [4.69, 9.17) is 0 Å². The third kappa shape index (κ3) is 3.59. The van der Waals surface area contributed by atoms with Gasteiger partial charge in [0.25, 0.3) is 0 Å². The highest BCUT2D eigenvalue weighted by Crippen LogP contribution is 2.30. The molecule has 84 valence electrons. The van der Waals surface area contributed by atoms with Crippen molar-refractivity contribution in [3.05, 3.63) is 35.9 Å². The second kappa shape index (κ2) is 6.98. The normalized spacial score (nSPS) is 23.3. The van der Waals surface area contributed by atoms with Crippen LogP contribution in [0.4, 0.5) is 0 Å². The van der Waals surface area contributed by atoms with E-state index < -0.39 is 0 Å². The molecule has 1 fully saturated rings. The number of rotatable bonds is 1. The first-order valence-corrected chi connectivity index (χ1v) is 7.25. The molecule has 0 bridgehead atoms. The van der Waals surface area contributed by atoms with Gasteiger partial charge in [0, 0.05) is 12.6 Å². The smallest absolute Gasteiger partial charge is 0.0381 e. The van der Waals surface area contributed by atoms with E-state index in [-0.39, 0.29) is 0 Å². The quantitative estimate of drug-likeness (QED) is 0.660. The van der Waals surface area contributed by atoms with Gasteiger partial charge in [-0.25, -0.2) is 0 Å². The minimum atomic E-state index is 0.674. The van der Waals surface area contributed by atoms with Crippen LogP contribution >= 0.6 is 8.58 Å². The number of hydrogen-bond acceptors (Lipinski definition) is 1. The summed E-state index contributed by atoms with van der Waals surface area (Å²) in [4.78, 5) is 2.48. The van der Waals surface area contributed by atoms with Crippen LogP contribution in [0.3, 0.4) is 0 Å². The van der Waals surface area contributed by atoms with Crippen LogP contribution in [0.1, 0.15) is 25.5 Å². The molecular formula is C13H22NP. The fourth-order valence-corrected chi connectivity index (χ4v) is 3.39. The molecule has 1 saturated heterocycles. The SMILES string of the molecule is CC.CN1CCPCC1c1ccccc1. The van der Waals surface area contributed by atoms with E-state index >= 15 is 0 Å². The molecule has 2 heteroatoms. The summed E-state index contributed by atoms with van der Waals surface area (Å²) in [5, 5.41) is 0. The Morgan fingerprint density at radius 2 is 1.87 bits per heavy atom. The highest BCUT2D eigenvalue weighted by Gasteiger charge is 2.19. The van der Waals surface area contributed by atoms with Crippen molar-refractivity contribution in [2.24, 2.45) is 0 Å². The topological polar surface area (TPSA) is 3.24 Å². The van der Waals surface area contributed by atoms with Gasteiger partial charge in [-0.05, 0) is 24.9 Å². The lowest BCUT2D eigenvalue weighted by molar-refractivity contribution is 0.273. The van der Waals surface area contributed by atoms with Crippen LogP contribution in [0.15, 0.2) is 30.3 Å². The molecule has 0 amide bonds. The van der Waals surface area contributed by atoms with E-state index in [0.29, 0.717) is 6.04 Å². The Balaban J connectivity index is 0.000000531. The molecule has 1 aliphatic heterocycles. The molecule has 2 atom stereocenters. The van der Waals surface area contributed by atoms with E-state index in [1.807, 2.05) is 13.8 Å². The van der Waals surface area contributed by atoms with Crippen LogP contribution in [-0.4, -0.2) is 30.8 Å². The van der Waals surface area contributed by atoms with Gasteiger partial charge in [0.15, 0.2) is 0 Å². The third-order valence-electron chi connectivity index (χ3n) is 2.70. The van der Waals surface area contributed by atoms with E-state index in [2.05, 4.69) is 42.3 Å². The van der Waals surface area contributed by atoms with Crippen molar-refractivity contribution in [1.29, 1.82) is 0 Å². The van der Waals surface area contributed by atoms with Gasteiger partial charge in [-0.15, -0.1) is 8.58 Å². The fourth-order valence-electron chi connectivity index (χ4n) is 1.85. The third-order valence-corrected chi connectivity index (χ3v) is 3.95. The van der Waals surface area contributed by atoms with Gasteiger partial charge in [0.05, 0.1) is 0 Å². The summed E-state index contributed by atoms with van der Waals surface area (Å²) >= 11 is 0. The van der Waals surface area contributed by atoms with Crippen molar-refractivity contribution in [3.63, 3.8) is 0 Å². The Hall–Kier alpha value is -0.390. The maximum absolute atomic E-state index is 2.48. The average Bonchev–Trinajstić information content (AvgIpc) is 2.33. The zero-order valence-electron chi connectivity index (χ0n) is 10.0. The summed E-state index contributed by atoms with van der Waals surface area (Å²) in [5.74, 6) is 0. The van der Waals surface area contributed by atoms with Crippen molar-refractivity contribution in [2.45, 2.75) is 19.9 Å². The summed E-state index contributed by atoms with van der Waals surface area (Å²) in [7, 11) is 3.39. The van der Waals surface area contributed by atoms with Gasteiger partial charge in [0.1, 0.15) is 0 Å². The van der Waals surface area contributed by atoms with Gasteiger partial charge in [-0.1, -0.05) is 44.2 Å². The van der Waals surface area contributed by atoms with Crippen molar-refractivity contribution < 1.29 is 0 Å². The van der Waals surface area contributed by atoms with E-state index in [1.165, 1.54) is 24.4 Å². The zero-order valence-corrected chi connectivity index (χ0v) is 11.0. The Labute approximate surface area is 95.7 Å². The largest absolute Gasteiger partial charge is 0.299 e. The lowest BCUT2D eigenvalue weighted by Crippen LogP contribution is -2.31. The molecule has 0 spiro atoms. The highest BCUT2D eigenvalue weighted by atomic mass is 31.1. The second-order valence-electron chi connectivity index (χ2n) is 3.61. The maximum atomic E-state index is 2.48. The molecule has 2 rings (SSSR count). The van der Waals surface area contributed by atoms with E-state index in [9.17, 15) is 0 Å². The molecule has 1 aliphatic rings. The van der Waals surface area contributed by atoms with Crippen LogP contribution in [-0.2, 0) is 0 Å². The Kier molecular flexibility index (Phi) is 5.90. The summed E-state index contributed by atoms with van der Waals surface area (Å²) in [6.45, 7) is 5.26. The Morgan fingerprint density at radius 3 is 2.47 bits per heavy atom. The van der Waals surface area contributed by atoms with E-state index in [1.54, 1.807) is 0 Å². The summed E-state index contributed by atoms with van der Waals surface area (Å²) in [6, 6.07) is 11.5. The molecule has 1 aromatic carbocycles. The molecule has 0 saturated carbocycles. The minimum absolute atomic E-state index is 0.674. The predicted octanol–water partition coefficient (Wildman–Crippen LogP) is 3.38. The van der Waals surface area contributed by atoms with Gasteiger partial charge in [-0.3, -0.25) is 4.90 Å². The monoisotopic (exact) mass is 223 g/mol. The van der Waals surface area contributed by atoms with Crippen molar-refractivity contribution in [2.75, 3.05) is 25.9 Å². The molecule has 0 aliphatic carbocycles. The van der Waals surface area contributed by atoms with Crippen LogP contribution in [0.25, 0.3) is 0 Å². The highest BCUT2D eigenvalue weighted by molar-refractivity contribution is 7.38. The van der Waals surface area contributed by atoms with Crippen LogP contribution in [0.2, 0.25) is 0 Å². The van der Waals surface area contributed by atoms with Gasteiger partial charge in [0.2, 0.25) is 0 Å². The van der Waals surface area contributed by atoms with Gasteiger partial charge < -0.3 is 0 Å². The fraction of sp³-hybridized carbons (Fsp3) is 0.538. The second-order valence-corrected chi connectivity index (χ2v) is 5.02.